The highest BCUT2D eigenvalue weighted by Gasteiger charge is 2.43. The molecule has 0 radical (unpaired) electrons. The van der Waals surface area contributed by atoms with E-state index < -0.39 is 0 Å². The minimum Gasteiger partial charge on any atom is -0.341 e. The van der Waals surface area contributed by atoms with Gasteiger partial charge in [0.05, 0.1) is 16.4 Å². The summed E-state index contributed by atoms with van der Waals surface area (Å²) in [6, 6.07) is 15.0. The first-order valence-electron chi connectivity index (χ1n) is 10.5. The number of nitrogens with zero attached hydrogens (tertiary/aromatic N) is 2. The molecule has 0 bridgehead atoms. The van der Waals surface area contributed by atoms with Crippen molar-refractivity contribution in [2.45, 2.75) is 38.5 Å². The summed E-state index contributed by atoms with van der Waals surface area (Å²) in [6.07, 6.45) is 5.07. The van der Waals surface area contributed by atoms with Gasteiger partial charge >= 0.3 is 0 Å². The maximum Gasteiger partial charge on any atom is 0.256 e. The number of pyridine rings is 1. The number of amides is 1. The molecule has 0 atom stereocenters. The molecule has 31 heavy (non-hydrogen) atoms. The number of aromatic nitrogens is 3. The highest BCUT2D eigenvalue weighted by molar-refractivity contribution is 6.31. The third-order valence-corrected chi connectivity index (χ3v) is 6.72. The summed E-state index contributed by atoms with van der Waals surface area (Å²) in [4.78, 5) is 25.5. The van der Waals surface area contributed by atoms with Crippen LogP contribution in [0.1, 0.15) is 52.1 Å². The molecular formula is C25H23ClN4O. The summed E-state index contributed by atoms with van der Waals surface area (Å²) in [6.45, 7) is 4.23. The number of fused-ring (bicyclic) bond motifs is 1. The van der Waals surface area contributed by atoms with Crippen LogP contribution in [-0.4, -0.2) is 20.9 Å². The van der Waals surface area contributed by atoms with Crippen LogP contribution in [0.25, 0.3) is 11.0 Å². The van der Waals surface area contributed by atoms with Gasteiger partial charge in [-0.1, -0.05) is 36.2 Å². The van der Waals surface area contributed by atoms with E-state index in [4.69, 9.17) is 16.6 Å². The highest BCUT2D eigenvalue weighted by Crippen LogP contribution is 2.48. The molecule has 1 fully saturated rings. The molecule has 0 saturated heterocycles. The monoisotopic (exact) mass is 430 g/mol. The lowest BCUT2D eigenvalue weighted by atomic mass is 9.64. The molecule has 5 nitrogen and oxygen atoms in total. The number of imidazole rings is 1. The average molecular weight is 431 g/mol. The fourth-order valence-electron chi connectivity index (χ4n) is 4.30. The van der Waals surface area contributed by atoms with Gasteiger partial charge in [0.15, 0.2) is 0 Å². The van der Waals surface area contributed by atoms with Crippen molar-refractivity contribution in [1.29, 1.82) is 0 Å². The molecule has 0 unspecified atom stereocenters. The van der Waals surface area contributed by atoms with E-state index in [9.17, 15) is 4.79 Å². The van der Waals surface area contributed by atoms with Crippen molar-refractivity contribution < 1.29 is 4.79 Å². The van der Waals surface area contributed by atoms with Gasteiger partial charge in [0.1, 0.15) is 11.6 Å². The van der Waals surface area contributed by atoms with Gasteiger partial charge in [-0.05, 0) is 73.7 Å². The summed E-state index contributed by atoms with van der Waals surface area (Å²) < 4.78 is 0. The molecular weight excluding hydrogens is 408 g/mol. The van der Waals surface area contributed by atoms with Gasteiger partial charge in [-0.15, -0.1) is 0 Å². The molecule has 2 aromatic carbocycles. The second kappa shape index (κ2) is 7.50. The number of aryl methyl sites for hydroxylation is 2. The van der Waals surface area contributed by atoms with Crippen molar-refractivity contribution in [3.63, 3.8) is 0 Å². The van der Waals surface area contributed by atoms with Crippen molar-refractivity contribution in [1.82, 2.24) is 15.0 Å². The van der Waals surface area contributed by atoms with E-state index in [1.54, 1.807) is 24.3 Å². The van der Waals surface area contributed by atoms with Crippen LogP contribution < -0.4 is 5.32 Å². The number of hydrogen-bond donors (Lipinski definition) is 2. The van der Waals surface area contributed by atoms with Crippen LogP contribution in [0, 0.1) is 13.8 Å². The highest BCUT2D eigenvalue weighted by atomic mass is 35.5. The summed E-state index contributed by atoms with van der Waals surface area (Å²) in [5.41, 5.74) is 6.04. The molecule has 5 rings (SSSR count). The summed E-state index contributed by atoms with van der Waals surface area (Å²) in [5, 5.41) is 3.37. The first-order valence-corrected chi connectivity index (χ1v) is 10.8. The Morgan fingerprint density at radius 1 is 1.13 bits per heavy atom. The van der Waals surface area contributed by atoms with E-state index in [0.717, 1.165) is 41.7 Å². The number of rotatable bonds is 4. The predicted molar refractivity (Wildman–Crippen MR) is 124 cm³/mol. The van der Waals surface area contributed by atoms with Crippen LogP contribution >= 0.6 is 11.6 Å². The molecule has 1 aliphatic rings. The minimum absolute atomic E-state index is 0.151. The van der Waals surface area contributed by atoms with Gasteiger partial charge in [0, 0.05) is 16.8 Å². The largest absolute Gasteiger partial charge is 0.341 e. The fourth-order valence-corrected chi connectivity index (χ4v) is 4.49. The molecule has 156 valence electrons. The Kier molecular flexibility index (Phi) is 4.78. The fraction of sp³-hybridized carbons (Fsp3) is 0.240. The molecule has 2 N–H and O–H groups in total. The Labute approximate surface area is 185 Å². The Morgan fingerprint density at radius 2 is 1.97 bits per heavy atom. The lowest BCUT2D eigenvalue weighted by Crippen LogP contribution is -2.36. The molecule has 2 heterocycles. The Balaban J connectivity index is 1.43. The van der Waals surface area contributed by atoms with Crippen molar-refractivity contribution in [3.8, 4) is 0 Å². The number of benzene rings is 2. The number of nitrogens with one attached hydrogen (secondary N) is 2. The summed E-state index contributed by atoms with van der Waals surface area (Å²) in [7, 11) is 0. The van der Waals surface area contributed by atoms with Crippen LogP contribution in [-0.2, 0) is 5.41 Å². The standard InChI is InChI=1S/C25H23ClN4O/c1-15-7-9-20-22(16(15)2)30-24(28-20)25(11-4-12-25)18-8-10-21(27-14-18)29-23(31)17-5-3-6-19(26)13-17/h3,5-10,13-14H,4,11-12H2,1-2H3,(H,28,30)(H,27,29,31). The zero-order chi connectivity index (χ0) is 21.6. The third kappa shape index (κ3) is 3.39. The Morgan fingerprint density at radius 3 is 2.65 bits per heavy atom. The zero-order valence-corrected chi connectivity index (χ0v) is 18.3. The zero-order valence-electron chi connectivity index (χ0n) is 17.5. The van der Waals surface area contributed by atoms with Gasteiger partial charge in [0.25, 0.3) is 5.91 Å². The van der Waals surface area contributed by atoms with E-state index in [1.807, 2.05) is 18.3 Å². The van der Waals surface area contributed by atoms with Gasteiger partial charge in [-0.25, -0.2) is 9.97 Å². The Bertz CT molecular complexity index is 1290. The maximum absolute atomic E-state index is 12.5. The summed E-state index contributed by atoms with van der Waals surface area (Å²) >= 11 is 5.99. The topological polar surface area (TPSA) is 70.7 Å². The number of aromatic amines is 1. The van der Waals surface area contributed by atoms with E-state index in [0.29, 0.717) is 16.4 Å². The molecule has 0 aliphatic heterocycles. The molecule has 0 spiro atoms. The number of hydrogen-bond acceptors (Lipinski definition) is 3. The van der Waals surface area contributed by atoms with E-state index in [-0.39, 0.29) is 11.3 Å². The van der Waals surface area contributed by atoms with Crippen molar-refractivity contribution >= 4 is 34.4 Å². The molecule has 1 aliphatic carbocycles. The average Bonchev–Trinajstić information content (AvgIpc) is 3.16. The first-order chi connectivity index (χ1) is 15.0. The Hall–Kier alpha value is -3.18. The quantitative estimate of drug-likeness (QED) is 0.420. The number of halogens is 1. The van der Waals surface area contributed by atoms with Crippen LogP contribution in [0.15, 0.2) is 54.7 Å². The smallest absolute Gasteiger partial charge is 0.256 e. The lowest BCUT2D eigenvalue weighted by Gasteiger charge is -2.40. The van der Waals surface area contributed by atoms with Crippen LogP contribution in [0.5, 0.6) is 0 Å². The first kappa shape index (κ1) is 19.8. The van der Waals surface area contributed by atoms with Crippen LogP contribution in [0.2, 0.25) is 5.02 Å². The van der Waals surface area contributed by atoms with Crippen molar-refractivity contribution in [2.75, 3.05) is 5.32 Å². The minimum atomic E-state index is -0.232. The van der Waals surface area contributed by atoms with Crippen LogP contribution in [0.3, 0.4) is 0 Å². The predicted octanol–water partition coefficient (Wildman–Crippen LogP) is 5.95. The number of anilines is 1. The SMILES string of the molecule is Cc1ccc2[nH]c(C3(c4ccc(NC(=O)c5cccc(Cl)c5)nc4)CCC3)nc2c1C. The maximum atomic E-state index is 12.5. The normalized spacial score (nSPS) is 14.9. The van der Waals surface area contributed by atoms with E-state index >= 15 is 0 Å². The van der Waals surface area contributed by atoms with E-state index in [1.165, 1.54) is 11.1 Å². The van der Waals surface area contributed by atoms with Gasteiger partial charge in [-0.3, -0.25) is 4.79 Å². The number of carbonyl (C=O) groups is 1. The van der Waals surface area contributed by atoms with E-state index in [2.05, 4.69) is 41.3 Å². The van der Waals surface area contributed by atoms with Crippen LogP contribution in [0.4, 0.5) is 5.82 Å². The molecule has 2 aromatic heterocycles. The molecule has 1 amide bonds. The lowest BCUT2D eigenvalue weighted by molar-refractivity contribution is 0.102. The van der Waals surface area contributed by atoms with Gasteiger partial charge in [0.2, 0.25) is 0 Å². The number of carbonyl (C=O) groups excluding carboxylic acids is 1. The van der Waals surface area contributed by atoms with Gasteiger partial charge < -0.3 is 10.3 Å². The second-order valence-corrected chi connectivity index (χ2v) is 8.76. The summed E-state index contributed by atoms with van der Waals surface area (Å²) in [5.74, 6) is 1.28. The van der Waals surface area contributed by atoms with Crippen molar-refractivity contribution in [2.24, 2.45) is 0 Å². The molecule has 6 heteroatoms. The van der Waals surface area contributed by atoms with Gasteiger partial charge in [-0.2, -0.15) is 0 Å². The third-order valence-electron chi connectivity index (χ3n) is 6.48. The second-order valence-electron chi connectivity index (χ2n) is 8.32. The number of H-pyrrole nitrogens is 1. The molecule has 4 aromatic rings. The molecule has 1 saturated carbocycles. The van der Waals surface area contributed by atoms with Crippen molar-refractivity contribution in [3.05, 3.63) is 87.8 Å².